The summed E-state index contributed by atoms with van der Waals surface area (Å²) in [6.45, 7) is 3.68. The van der Waals surface area contributed by atoms with Crippen molar-refractivity contribution < 1.29 is 19.0 Å². The molecule has 0 bridgehead atoms. The fourth-order valence-electron chi connectivity index (χ4n) is 4.36. The Labute approximate surface area is 196 Å². The molecule has 3 heterocycles. The van der Waals surface area contributed by atoms with Crippen molar-refractivity contribution in [1.82, 2.24) is 19.9 Å². The summed E-state index contributed by atoms with van der Waals surface area (Å²) in [5.74, 6) is -0.226. The standard InChI is InChI=1S/C26H25FN4O3/c1-15-3-7-21-24(29-15)31-23(30-21)19-6-4-16(13-20(19)27)17-5-8-22(28-14-17)34-18-9-11-26(2,12-10-18)25(32)33/h3-8,13-14,18H,9-12H2,1-2H3,(H,32,33)(H,29,30,31)/t18-,26+. The highest BCUT2D eigenvalue weighted by Gasteiger charge is 2.38. The lowest BCUT2D eigenvalue weighted by atomic mass is 9.75. The van der Waals surface area contributed by atoms with Crippen molar-refractivity contribution in [3.63, 3.8) is 0 Å². The lowest BCUT2D eigenvalue weighted by molar-refractivity contribution is -0.150. The molecule has 0 radical (unpaired) electrons. The highest BCUT2D eigenvalue weighted by Crippen LogP contribution is 2.37. The van der Waals surface area contributed by atoms with Crippen LogP contribution in [0.4, 0.5) is 4.39 Å². The van der Waals surface area contributed by atoms with Crippen LogP contribution in [0.25, 0.3) is 33.7 Å². The molecule has 0 unspecified atom stereocenters. The summed E-state index contributed by atoms with van der Waals surface area (Å²) in [5.41, 5.74) is 3.34. The average Bonchev–Trinajstić information content (AvgIpc) is 3.24. The molecule has 8 heteroatoms. The minimum absolute atomic E-state index is 0.0513. The van der Waals surface area contributed by atoms with Gasteiger partial charge in [0.15, 0.2) is 5.65 Å². The maximum Gasteiger partial charge on any atom is 0.309 e. The van der Waals surface area contributed by atoms with Gasteiger partial charge >= 0.3 is 5.97 Å². The van der Waals surface area contributed by atoms with Crippen LogP contribution in [0, 0.1) is 18.2 Å². The molecule has 1 aliphatic rings. The maximum absolute atomic E-state index is 15.0. The fraction of sp³-hybridized carbons (Fsp3) is 0.308. The number of aliphatic carboxylic acids is 1. The number of aryl methyl sites for hydroxylation is 1. The van der Waals surface area contributed by atoms with E-state index in [0.29, 0.717) is 59.7 Å². The SMILES string of the molecule is Cc1ccc2nc(-c3ccc(-c4ccc(O[C@H]5CC[C@@](C)(C(=O)O)CC5)nc4)cc3F)[nH]c2n1. The van der Waals surface area contributed by atoms with Gasteiger partial charge in [-0.25, -0.2) is 19.3 Å². The Morgan fingerprint density at radius 3 is 2.56 bits per heavy atom. The van der Waals surface area contributed by atoms with Crippen LogP contribution in [0.1, 0.15) is 38.3 Å². The van der Waals surface area contributed by atoms with E-state index in [2.05, 4.69) is 19.9 Å². The molecule has 4 aromatic rings. The quantitative estimate of drug-likeness (QED) is 0.405. The molecule has 2 N–H and O–H groups in total. The van der Waals surface area contributed by atoms with Gasteiger partial charge in [0, 0.05) is 23.5 Å². The lowest BCUT2D eigenvalue weighted by Gasteiger charge is -2.33. The number of aromatic nitrogens is 4. The summed E-state index contributed by atoms with van der Waals surface area (Å²) in [4.78, 5) is 27.7. The van der Waals surface area contributed by atoms with E-state index in [1.54, 1.807) is 25.3 Å². The van der Waals surface area contributed by atoms with Gasteiger partial charge in [0.2, 0.25) is 5.88 Å². The van der Waals surface area contributed by atoms with Gasteiger partial charge in [-0.2, -0.15) is 0 Å². The molecule has 0 saturated heterocycles. The second-order valence-corrected chi connectivity index (χ2v) is 9.17. The maximum atomic E-state index is 15.0. The molecule has 1 aromatic carbocycles. The first-order valence-corrected chi connectivity index (χ1v) is 11.3. The fourth-order valence-corrected chi connectivity index (χ4v) is 4.36. The number of hydrogen-bond acceptors (Lipinski definition) is 5. The molecule has 0 spiro atoms. The summed E-state index contributed by atoms with van der Waals surface area (Å²) in [7, 11) is 0. The first-order valence-electron chi connectivity index (χ1n) is 11.3. The number of imidazole rings is 1. The van der Waals surface area contributed by atoms with E-state index in [9.17, 15) is 14.3 Å². The minimum Gasteiger partial charge on any atom is -0.481 e. The number of halogens is 1. The Morgan fingerprint density at radius 1 is 1.12 bits per heavy atom. The monoisotopic (exact) mass is 460 g/mol. The molecule has 3 aromatic heterocycles. The number of rotatable bonds is 5. The van der Waals surface area contributed by atoms with Crippen LogP contribution >= 0.6 is 0 Å². The Bertz CT molecular complexity index is 1360. The van der Waals surface area contributed by atoms with E-state index >= 15 is 0 Å². The number of nitrogens with one attached hydrogen (secondary N) is 1. The number of carbonyl (C=O) groups is 1. The van der Waals surface area contributed by atoms with E-state index < -0.39 is 17.2 Å². The van der Waals surface area contributed by atoms with Crippen molar-refractivity contribution >= 4 is 17.1 Å². The van der Waals surface area contributed by atoms with Gasteiger partial charge in [-0.15, -0.1) is 0 Å². The number of benzene rings is 1. The number of hydrogen-bond donors (Lipinski definition) is 2. The molecule has 1 saturated carbocycles. The number of carboxylic acids is 1. The van der Waals surface area contributed by atoms with E-state index in [1.807, 2.05) is 31.2 Å². The number of ether oxygens (including phenoxy) is 1. The Kier molecular flexibility index (Phi) is 5.51. The number of H-pyrrole nitrogens is 1. The molecule has 1 aliphatic carbocycles. The van der Waals surface area contributed by atoms with Gasteiger partial charge in [-0.05, 0) is 75.4 Å². The van der Waals surface area contributed by atoms with Crippen LogP contribution in [-0.2, 0) is 4.79 Å². The number of fused-ring (bicyclic) bond motifs is 1. The van der Waals surface area contributed by atoms with Crippen LogP contribution in [-0.4, -0.2) is 37.1 Å². The Balaban J connectivity index is 1.29. The van der Waals surface area contributed by atoms with Crippen molar-refractivity contribution in [3.05, 3.63) is 60.2 Å². The molecule has 7 nitrogen and oxygen atoms in total. The first-order chi connectivity index (χ1) is 16.3. The van der Waals surface area contributed by atoms with Crippen LogP contribution < -0.4 is 4.74 Å². The van der Waals surface area contributed by atoms with Crippen LogP contribution in [0.5, 0.6) is 5.88 Å². The molecule has 1 fully saturated rings. The normalized spacial score (nSPS) is 20.4. The highest BCUT2D eigenvalue weighted by molar-refractivity contribution is 5.77. The number of nitrogens with zero attached hydrogens (tertiary/aromatic N) is 3. The molecule has 0 atom stereocenters. The molecule has 34 heavy (non-hydrogen) atoms. The summed E-state index contributed by atoms with van der Waals surface area (Å²) < 4.78 is 20.9. The van der Waals surface area contributed by atoms with Gasteiger partial charge in [-0.1, -0.05) is 6.07 Å². The predicted molar refractivity (Wildman–Crippen MR) is 126 cm³/mol. The third kappa shape index (κ3) is 4.23. The van der Waals surface area contributed by atoms with E-state index in [0.717, 1.165) is 11.3 Å². The van der Waals surface area contributed by atoms with Crippen molar-refractivity contribution in [1.29, 1.82) is 0 Å². The van der Waals surface area contributed by atoms with Crippen molar-refractivity contribution in [2.75, 3.05) is 0 Å². The van der Waals surface area contributed by atoms with Crippen molar-refractivity contribution in [2.24, 2.45) is 5.41 Å². The zero-order valence-electron chi connectivity index (χ0n) is 19.0. The highest BCUT2D eigenvalue weighted by atomic mass is 19.1. The van der Waals surface area contributed by atoms with Crippen molar-refractivity contribution in [2.45, 2.75) is 45.6 Å². The summed E-state index contributed by atoms with van der Waals surface area (Å²) in [6, 6.07) is 12.3. The zero-order chi connectivity index (χ0) is 23.9. The average molecular weight is 461 g/mol. The molecule has 0 amide bonds. The van der Waals surface area contributed by atoms with E-state index in [4.69, 9.17) is 4.74 Å². The predicted octanol–water partition coefficient (Wildman–Crippen LogP) is 5.55. The number of aromatic amines is 1. The zero-order valence-corrected chi connectivity index (χ0v) is 19.0. The van der Waals surface area contributed by atoms with E-state index in [1.165, 1.54) is 6.07 Å². The minimum atomic E-state index is -0.751. The summed E-state index contributed by atoms with van der Waals surface area (Å²) in [6.07, 6.45) is 4.12. The third-order valence-electron chi connectivity index (χ3n) is 6.62. The second-order valence-electron chi connectivity index (χ2n) is 9.17. The van der Waals surface area contributed by atoms with Crippen LogP contribution in [0.15, 0.2) is 48.7 Å². The first kappa shape index (κ1) is 22.0. The van der Waals surface area contributed by atoms with Crippen molar-refractivity contribution in [3.8, 4) is 28.4 Å². The molecule has 174 valence electrons. The molecule has 0 aliphatic heterocycles. The topological polar surface area (TPSA) is 101 Å². The third-order valence-corrected chi connectivity index (χ3v) is 6.62. The van der Waals surface area contributed by atoms with Gasteiger partial charge < -0.3 is 14.8 Å². The van der Waals surface area contributed by atoms with Gasteiger partial charge in [0.25, 0.3) is 0 Å². The van der Waals surface area contributed by atoms with Gasteiger partial charge in [0.05, 0.1) is 11.0 Å². The summed E-state index contributed by atoms with van der Waals surface area (Å²) >= 11 is 0. The van der Waals surface area contributed by atoms with Crippen LogP contribution in [0.3, 0.4) is 0 Å². The smallest absolute Gasteiger partial charge is 0.309 e. The second kappa shape index (κ2) is 8.52. The Morgan fingerprint density at radius 2 is 1.88 bits per heavy atom. The van der Waals surface area contributed by atoms with E-state index in [-0.39, 0.29) is 6.10 Å². The Hall–Kier alpha value is -3.81. The molecule has 5 rings (SSSR count). The summed E-state index contributed by atoms with van der Waals surface area (Å²) in [5, 5.41) is 9.37. The molecular formula is C26H25FN4O3. The number of carboxylic acid groups (broad SMARTS) is 1. The van der Waals surface area contributed by atoms with Gasteiger partial charge in [0.1, 0.15) is 23.3 Å². The largest absolute Gasteiger partial charge is 0.481 e. The van der Waals surface area contributed by atoms with Gasteiger partial charge in [-0.3, -0.25) is 4.79 Å². The molecular weight excluding hydrogens is 435 g/mol. The lowest BCUT2D eigenvalue weighted by Crippen LogP contribution is -2.36. The number of pyridine rings is 2. The van der Waals surface area contributed by atoms with Crippen LogP contribution in [0.2, 0.25) is 0 Å².